The van der Waals surface area contributed by atoms with Crippen molar-refractivity contribution in [2.75, 3.05) is 0 Å². The zero-order chi connectivity index (χ0) is 19.5. The summed E-state index contributed by atoms with van der Waals surface area (Å²) >= 11 is 1.45. The Labute approximate surface area is 161 Å². The van der Waals surface area contributed by atoms with Gasteiger partial charge >= 0.3 is 0 Å². The van der Waals surface area contributed by atoms with E-state index in [0.29, 0.717) is 15.8 Å². The van der Waals surface area contributed by atoms with Gasteiger partial charge in [-0.05, 0) is 24.3 Å². The van der Waals surface area contributed by atoms with Crippen LogP contribution in [0.4, 0.5) is 0 Å². The summed E-state index contributed by atoms with van der Waals surface area (Å²) in [5.41, 5.74) is 5.04. The van der Waals surface area contributed by atoms with Crippen LogP contribution in [0.2, 0.25) is 0 Å². The molecule has 0 unspecified atom stereocenters. The highest BCUT2D eigenvalue weighted by atomic mass is 32.1. The van der Waals surface area contributed by atoms with E-state index < -0.39 is 17.4 Å². The highest BCUT2D eigenvalue weighted by Crippen LogP contribution is 2.22. The largest absolute Gasteiger partial charge is 0.290 e. The van der Waals surface area contributed by atoms with Gasteiger partial charge in [-0.2, -0.15) is 5.10 Å². The molecule has 2 heterocycles. The van der Waals surface area contributed by atoms with Crippen LogP contribution in [0.3, 0.4) is 0 Å². The second kappa shape index (κ2) is 7.41. The van der Waals surface area contributed by atoms with E-state index in [-0.39, 0.29) is 5.69 Å². The Morgan fingerprint density at radius 1 is 1.00 bits per heavy atom. The molecule has 0 aliphatic heterocycles. The average molecular weight is 391 g/mol. The fourth-order valence-corrected chi connectivity index (χ4v) is 3.49. The quantitative estimate of drug-likeness (QED) is 0.365. The van der Waals surface area contributed by atoms with Gasteiger partial charge in [0.05, 0.1) is 15.6 Å². The SMILES string of the molecule is O=C(/C=C/c1nc2ccccc2s1)NNC(=O)c1n[nH]c(=O)c2ccccc12. The van der Waals surface area contributed by atoms with E-state index in [1.165, 1.54) is 17.4 Å². The molecular weight excluding hydrogens is 378 g/mol. The molecule has 0 aliphatic carbocycles. The Morgan fingerprint density at radius 3 is 2.57 bits per heavy atom. The van der Waals surface area contributed by atoms with Crippen LogP contribution in [0.15, 0.2) is 59.4 Å². The van der Waals surface area contributed by atoms with Gasteiger partial charge in [0.25, 0.3) is 17.4 Å². The minimum absolute atomic E-state index is 0.00523. The molecule has 4 rings (SSSR count). The van der Waals surface area contributed by atoms with Crippen molar-refractivity contribution in [3.05, 3.63) is 75.7 Å². The molecule has 0 spiro atoms. The lowest BCUT2D eigenvalue weighted by Crippen LogP contribution is -2.41. The van der Waals surface area contributed by atoms with Crippen LogP contribution < -0.4 is 16.4 Å². The number of thiazole rings is 1. The first kappa shape index (κ1) is 17.6. The number of benzene rings is 2. The number of amides is 2. The molecule has 0 fully saturated rings. The highest BCUT2D eigenvalue weighted by Gasteiger charge is 2.14. The van der Waals surface area contributed by atoms with Crippen molar-refractivity contribution in [2.45, 2.75) is 0 Å². The monoisotopic (exact) mass is 391 g/mol. The maximum absolute atomic E-state index is 12.3. The third-order valence-corrected chi connectivity index (χ3v) is 4.90. The van der Waals surface area contributed by atoms with Crippen LogP contribution in [-0.4, -0.2) is 27.0 Å². The van der Waals surface area contributed by atoms with Gasteiger partial charge in [0.2, 0.25) is 0 Å². The highest BCUT2D eigenvalue weighted by molar-refractivity contribution is 7.19. The summed E-state index contributed by atoms with van der Waals surface area (Å²) in [5, 5.41) is 7.45. The van der Waals surface area contributed by atoms with E-state index in [1.54, 1.807) is 30.3 Å². The first-order valence-corrected chi connectivity index (χ1v) is 9.05. The maximum Gasteiger partial charge on any atom is 0.290 e. The van der Waals surface area contributed by atoms with E-state index in [9.17, 15) is 14.4 Å². The molecule has 0 atom stereocenters. The van der Waals surface area contributed by atoms with Crippen LogP contribution in [-0.2, 0) is 4.79 Å². The lowest BCUT2D eigenvalue weighted by Gasteiger charge is -2.06. The van der Waals surface area contributed by atoms with Crippen LogP contribution in [0.25, 0.3) is 27.1 Å². The Kier molecular flexibility index (Phi) is 4.65. The van der Waals surface area contributed by atoms with Gasteiger partial charge in [0.1, 0.15) is 5.01 Å². The van der Waals surface area contributed by atoms with Gasteiger partial charge < -0.3 is 0 Å². The molecule has 138 valence electrons. The molecule has 2 aromatic carbocycles. The number of aromatic amines is 1. The van der Waals surface area contributed by atoms with Gasteiger partial charge in [-0.1, -0.05) is 30.3 Å². The Morgan fingerprint density at radius 2 is 1.75 bits per heavy atom. The molecule has 2 aromatic heterocycles. The first-order valence-electron chi connectivity index (χ1n) is 8.23. The number of carbonyl (C=O) groups excluding carboxylic acids is 2. The van der Waals surface area contributed by atoms with Crippen molar-refractivity contribution < 1.29 is 9.59 Å². The van der Waals surface area contributed by atoms with Crippen molar-refractivity contribution in [1.82, 2.24) is 26.0 Å². The number of hydrogen-bond acceptors (Lipinski definition) is 6. The van der Waals surface area contributed by atoms with Crippen molar-refractivity contribution in [3.8, 4) is 0 Å². The van der Waals surface area contributed by atoms with Gasteiger partial charge in [-0.3, -0.25) is 25.2 Å². The molecule has 8 nitrogen and oxygen atoms in total. The van der Waals surface area contributed by atoms with E-state index in [0.717, 1.165) is 10.2 Å². The summed E-state index contributed by atoms with van der Waals surface area (Å²) in [5.74, 6) is -1.17. The molecule has 0 saturated carbocycles. The summed E-state index contributed by atoms with van der Waals surface area (Å²) in [7, 11) is 0. The summed E-state index contributed by atoms with van der Waals surface area (Å²) in [4.78, 5) is 40.5. The number of para-hydroxylation sites is 1. The van der Waals surface area contributed by atoms with Crippen LogP contribution in [0, 0.1) is 0 Å². The predicted molar refractivity (Wildman–Crippen MR) is 107 cm³/mol. The third kappa shape index (κ3) is 3.51. The number of nitrogens with zero attached hydrogens (tertiary/aromatic N) is 2. The lowest BCUT2D eigenvalue weighted by molar-refractivity contribution is -0.117. The standard InChI is InChI=1S/C19H13N5O3S/c25-15(9-10-16-20-13-7-3-4-8-14(13)28-16)21-24-19(27)17-11-5-1-2-6-12(11)18(26)23-22-17/h1-10H,(H,21,25)(H,23,26)(H,24,27)/b10-9+. The van der Waals surface area contributed by atoms with Gasteiger partial charge in [-0.25, -0.2) is 10.1 Å². The molecular formula is C19H13N5O3S. The van der Waals surface area contributed by atoms with Crippen molar-refractivity contribution in [1.29, 1.82) is 0 Å². The summed E-state index contributed by atoms with van der Waals surface area (Å²) in [6.45, 7) is 0. The van der Waals surface area contributed by atoms with E-state index in [4.69, 9.17) is 0 Å². The number of rotatable bonds is 3. The van der Waals surface area contributed by atoms with E-state index >= 15 is 0 Å². The topological polar surface area (TPSA) is 117 Å². The third-order valence-electron chi connectivity index (χ3n) is 3.90. The van der Waals surface area contributed by atoms with Crippen molar-refractivity contribution in [3.63, 3.8) is 0 Å². The van der Waals surface area contributed by atoms with E-state index in [2.05, 4.69) is 26.0 Å². The van der Waals surface area contributed by atoms with E-state index in [1.807, 2.05) is 24.3 Å². The number of H-pyrrole nitrogens is 1. The summed E-state index contributed by atoms with van der Waals surface area (Å²) < 4.78 is 1.02. The molecule has 0 bridgehead atoms. The van der Waals surface area contributed by atoms with Gasteiger partial charge in [0, 0.05) is 11.5 Å². The number of hydrogen-bond donors (Lipinski definition) is 3. The molecule has 0 saturated heterocycles. The zero-order valence-electron chi connectivity index (χ0n) is 14.3. The predicted octanol–water partition coefficient (Wildman–Crippen LogP) is 2.01. The van der Waals surface area contributed by atoms with Crippen LogP contribution >= 0.6 is 11.3 Å². The molecule has 0 radical (unpaired) electrons. The van der Waals surface area contributed by atoms with Crippen molar-refractivity contribution in [2.24, 2.45) is 0 Å². The van der Waals surface area contributed by atoms with Crippen molar-refractivity contribution >= 4 is 50.2 Å². The molecule has 9 heteroatoms. The molecule has 28 heavy (non-hydrogen) atoms. The smallest absolute Gasteiger partial charge is 0.268 e. The Hall–Kier alpha value is -3.85. The number of nitrogens with one attached hydrogen (secondary N) is 3. The summed E-state index contributed by atoms with van der Waals surface area (Å²) in [6, 6.07) is 14.2. The fourth-order valence-electron chi connectivity index (χ4n) is 2.62. The fraction of sp³-hybridized carbons (Fsp3) is 0. The minimum Gasteiger partial charge on any atom is -0.268 e. The maximum atomic E-state index is 12.3. The van der Waals surface area contributed by atoms with Crippen LogP contribution in [0.1, 0.15) is 15.5 Å². The zero-order valence-corrected chi connectivity index (χ0v) is 15.1. The average Bonchev–Trinajstić information content (AvgIpc) is 3.14. The van der Waals surface area contributed by atoms with Crippen LogP contribution in [0.5, 0.6) is 0 Å². The molecule has 4 aromatic rings. The Bertz CT molecular complexity index is 1260. The number of fused-ring (bicyclic) bond motifs is 2. The number of aromatic nitrogens is 3. The molecule has 2 amide bonds. The van der Waals surface area contributed by atoms with Gasteiger partial charge in [-0.15, -0.1) is 11.3 Å². The minimum atomic E-state index is -0.644. The van der Waals surface area contributed by atoms with Gasteiger partial charge in [0.15, 0.2) is 5.69 Å². The second-order valence-corrected chi connectivity index (χ2v) is 6.81. The normalized spacial score (nSPS) is 11.1. The first-order chi connectivity index (χ1) is 13.6. The molecule has 0 aliphatic rings. The summed E-state index contributed by atoms with van der Waals surface area (Å²) in [6.07, 6.45) is 2.84. The Balaban J connectivity index is 1.44. The number of carbonyl (C=O) groups is 2. The second-order valence-electron chi connectivity index (χ2n) is 5.74. The molecule has 3 N–H and O–H groups in total. The lowest BCUT2D eigenvalue weighted by atomic mass is 10.1. The number of hydrazine groups is 1.